The summed E-state index contributed by atoms with van der Waals surface area (Å²) in [5, 5.41) is 4.53. The number of rotatable bonds is 5. The standard InChI is InChI=1S/C18H18FN3/c19-14-1-2-18-16(8-14)17(11-22-18)15-7-13(15)10-21-9-12-3-5-20-6-4-12/h1-6,8,11,13,15,21-22H,7,9-10H2/t13-,15+/m0/s1. The Labute approximate surface area is 128 Å². The van der Waals surface area contributed by atoms with Gasteiger partial charge in [-0.05, 0) is 66.3 Å². The second-order valence-electron chi connectivity index (χ2n) is 6.02. The molecule has 1 saturated carbocycles. The zero-order valence-electron chi connectivity index (χ0n) is 12.2. The average molecular weight is 295 g/mol. The quantitative estimate of drug-likeness (QED) is 0.755. The van der Waals surface area contributed by atoms with Crippen LogP contribution in [0.5, 0.6) is 0 Å². The van der Waals surface area contributed by atoms with E-state index in [4.69, 9.17) is 0 Å². The molecular formula is C18H18FN3. The third kappa shape index (κ3) is 2.62. The van der Waals surface area contributed by atoms with E-state index < -0.39 is 0 Å². The molecule has 0 amide bonds. The Hall–Kier alpha value is -2.20. The Balaban J connectivity index is 1.38. The van der Waals surface area contributed by atoms with Crippen molar-refractivity contribution in [3.63, 3.8) is 0 Å². The van der Waals surface area contributed by atoms with Crippen molar-refractivity contribution >= 4 is 10.9 Å². The van der Waals surface area contributed by atoms with E-state index in [0.29, 0.717) is 11.8 Å². The van der Waals surface area contributed by atoms with Gasteiger partial charge in [0.25, 0.3) is 0 Å². The number of nitrogens with one attached hydrogen (secondary N) is 2. The molecule has 112 valence electrons. The molecule has 2 heterocycles. The number of fused-ring (bicyclic) bond motifs is 1. The van der Waals surface area contributed by atoms with Crippen LogP contribution in [0.2, 0.25) is 0 Å². The summed E-state index contributed by atoms with van der Waals surface area (Å²) in [4.78, 5) is 7.27. The molecule has 0 unspecified atom stereocenters. The van der Waals surface area contributed by atoms with E-state index >= 15 is 0 Å². The van der Waals surface area contributed by atoms with Crippen LogP contribution in [0.15, 0.2) is 48.9 Å². The largest absolute Gasteiger partial charge is 0.361 e. The topological polar surface area (TPSA) is 40.7 Å². The molecule has 3 nitrogen and oxygen atoms in total. The van der Waals surface area contributed by atoms with Gasteiger partial charge in [0.1, 0.15) is 5.82 Å². The van der Waals surface area contributed by atoms with E-state index in [-0.39, 0.29) is 5.82 Å². The second kappa shape index (κ2) is 5.54. The van der Waals surface area contributed by atoms with Crippen LogP contribution in [0, 0.1) is 11.7 Å². The first-order valence-corrected chi connectivity index (χ1v) is 7.67. The number of aromatic nitrogens is 2. The van der Waals surface area contributed by atoms with E-state index in [9.17, 15) is 4.39 Å². The van der Waals surface area contributed by atoms with Crippen molar-refractivity contribution in [3.05, 3.63) is 65.9 Å². The van der Waals surface area contributed by atoms with Gasteiger partial charge in [-0.1, -0.05) is 0 Å². The minimum atomic E-state index is -0.165. The van der Waals surface area contributed by atoms with Crippen molar-refractivity contribution in [3.8, 4) is 0 Å². The first-order chi connectivity index (χ1) is 10.8. The van der Waals surface area contributed by atoms with Gasteiger partial charge in [0, 0.05) is 36.0 Å². The Kier molecular flexibility index (Phi) is 3.39. The van der Waals surface area contributed by atoms with Crippen molar-refractivity contribution in [2.75, 3.05) is 6.54 Å². The van der Waals surface area contributed by atoms with Crippen LogP contribution >= 0.6 is 0 Å². The van der Waals surface area contributed by atoms with Gasteiger partial charge in [-0.3, -0.25) is 4.98 Å². The summed E-state index contributed by atoms with van der Waals surface area (Å²) in [6, 6.07) is 9.01. The van der Waals surface area contributed by atoms with Gasteiger partial charge < -0.3 is 10.3 Å². The fourth-order valence-corrected chi connectivity index (χ4v) is 3.18. The molecule has 2 aromatic heterocycles. The molecule has 1 aliphatic rings. The molecule has 3 aromatic rings. The molecule has 0 radical (unpaired) electrons. The lowest BCUT2D eigenvalue weighted by Crippen LogP contribution is -2.16. The first kappa shape index (κ1) is 13.5. The molecule has 22 heavy (non-hydrogen) atoms. The van der Waals surface area contributed by atoms with E-state index in [1.165, 1.54) is 23.6 Å². The Morgan fingerprint density at radius 2 is 2.09 bits per heavy atom. The predicted molar refractivity (Wildman–Crippen MR) is 85.0 cm³/mol. The van der Waals surface area contributed by atoms with E-state index in [0.717, 1.165) is 24.0 Å². The van der Waals surface area contributed by atoms with Gasteiger partial charge in [-0.15, -0.1) is 0 Å². The summed E-state index contributed by atoms with van der Waals surface area (Å²) in [5.41, 5.74) is 3.53. The molecule has 0 aliphatic heterocycles. The molecule has 4 rings (SSSR count). The van der Waals surface area contributed by atoms with Crippen LogP contribution in [0.4, 0.5) is 4.39 Å². The maximum Gasteiger partial charge on any atom is 0.123 e. The summed E-state index contributed by atoms with van der Waals surface area (Å²) < 4.78 is 13.4. The van der Waals surface area contributed by atoms with Gasteiger partial charge in [0.15, 0.2) is 0 Å². The van der Waals surface area contributed by atoms with E-state index in [2.05, 4.69) is 15.3 Å². The third-order valence-electron chi connectivity index (χ3n) is 4.48. The van der Waals surface area contributed by atoms with Gasteiger partial charge in [0.2, 0.25) is 0 Å². The molecule has 4 heteroatoms. The monoisotopic (exact) mass is 295 g/mol. The van der Waals surface area contributed by atoms with Crippen molar-refractivity contribution in [1.82, 2.24) is 15.3 Å². The lowest BCUT2D eigenvalue weighted by molar-refractivity contribution is 0.626. The lowest BCUT2D eigenvalue weighted by Gasteiger charge is -2.04. The summed E-state index contributed by atoms with van der Waals surface area (Å²) in [6.45, 7) is 1.86. The van der Waals surface area contributed by atoms with Gasteiger partial charge in [-0.25, -0.2) is 4.39 Å². The highest BCUT2D eigenvalue weighted by atomic mass is 19.1. The number of aromatic amines is 1. The normalized spacial score (nSPS) is 20.4. The maximum atomic E-state index is 13.4. The summed E-state index contributed by atoms with van der Waals surface area (Å²) >= 11 is 0. The smallest absolute Gasteiger partial charge is 0.123 e. The molecule has 1 fully saturated rings. The van der Waals surface area contributed by atoms with E-state index in [1.54, 1.807) is 6.07 Å². The number of hydrogen-bond acceptors (Lipinski definition) is 2. The Morgan fingerprint density at radius 3 is 2.95 bits per heavy atom. The highest BCUT2D eigenvalue weighted by Crippen LogP contribution is 2.49. The van der Waals surface area contributed by atoms with Crippen LogP contribution < -0.4 is 5.32 Å². The van der Waals surface area contributed by atoms with Crippen LogP contribution in [0.3, 0.4) is 0 Å². The Morgan fingerprint density at radius 1 is 1.23 bits per heavy atom. The number of nitrogens with zero attached hydrogens (tertiary/aromatic N) is 1. The predicted octanol–water partition coefficient (Wildman–Crippen LogP) is 3.60. The SMILES string of the molecule is Fc1ccc2[nH]cc([C@@H]3C[C@H]3CNCc3ccncc3)c2c1. The zero-order valence-corrected chi connectivity index (χ0v) is 12.2. The van der Waals surface area contributed by atoms with Crippen molar-refractivity contribution in [1.29, 1.82) is 0 Å². The summed E-state index contributed by atoms with van der Waals surface area (Å²) in [6.07, 6.45) is 6.85. The van der Waals surface area contributed by atoms with Crippen LogP contribution in [0.25, 0.3) is 10.9 Å². The highest BCUT2D eigenvalue weighted by molar-refractivity contribution is 5.84. The van der Waals surface area contributed by atoms with Gasteiger partial charge in [-0.2, -0.15) is 0 Å². The minimum absolute atomic E-state index is 0.165. The van der Waals surface area contributed by atoms with Crippen LogP contribution in [0.1, 0.15) is 23.5 Å². The highest BCUT2D eigenvalue weighted by Gasteiger charge is 2.39. The van der Waals surface area contributed by atoms with E-state index in [1.807, 2.05) is 36.8 Å². The molecule has 1 aliphatic carbocycles. The average Bonchev–Trinajstić information content (AvgIpc) is 3.18. The number of halogens is 1. The number of benzene rings is 1. The number of pyridine rings is 1. The Bertz CT molecular complexity index is 781. The summed E-state index contributed by atoms with van der Waals surface area (Å²) in [5.74, 6) is 1.02. The number of H-pyrrole nitrogens is 1. The first-order valence-electron chi connectivity index (χ1n) is 7.67. The minimum Gasteiger partial charge on any atom is -0.361 e. The second-order valence-corrected chi connectivity index (χ2v) is 6.02. The van der Waals surface area contributed by atoms with Gasteiger partial charge >= 0.3 is 0 Å². The fraction of sp³-hybridized carbons (Fsp3) is 0.278. The molecule has 2 atom stereocenters. The third-order valence-corrected chi connectivity index (χ3v) is 4.48. The van der Waals surface area contributed by atoms with Crippen LogP contribution in [-0.4, -0.2) is 16.5 Å². The maximum absolute atomic E-state index is 13.4. The van der Waals surface area contributed by atoms with Crippen molar-refractivity contribution in [2.45, 2.75) is 18.9 Å². The summed E-state index contributed by atoms with van der Waals surface area (Å²) in [7, 11) is 0. The molecule has 0 bridgehead atoms. The molecule has 0 spiro atoms. The fourth-order valence-electron chi connectivity index (χ4n) is 3.18. The molecule has 1 aromatic carbocycles. The molecule has 2 N–H and O–H groups in total. The van der Waals surface area contributed by atoms with Crippen molar-refractivity contribution < 1.29 is 4.39 Å². The van der Waals surface area contributed by atoms with Crippen molar-refractivity contribution in [2.24, 2.45) is 5.92 Å². The van der Waals surface area contributed by atoms with Crippen LogP contribution in [-0.2, 0) is 6.54 Å². The zero-order chi connectivity index (χ0) is 14.9. The molecular weight excluding hydrogens is 277 g/mol. The number of hydrogen-bond donors (Lipinski definition) is 2. The van der Waals surface area contributed by atoms with Gasteiger partial charge in [0.05, 0.1) is 0 Å². The lowest BCUT2D eigenvalue weighted by atomic mass is 10.1. The molecule has 0 saturated heterocycles.